The van der Waals surface area contributed by atoms with E-state index in [0.717, 1.165) is 38.5 Å². The number of esters is 1. The Bertz CT molecular complexity index is 1140. The van der Waals surface area contributed by atoms with Gasteiger partial charge in [-0.2, -0.15) is 0 Å². The molecule has 0 atom stereocenters. The first kappa shape index (κ1) is 16.2. The van der Waals surface area contributed by atoms with Gasteiger partial charge in [0.1, 0.15) is 0 Å². The number of ether oxygens (including phenoxy) is 1. The van der Waals surface area contributed by atoms with E-state index in [9.17, 15) is 4.79 Å². The van der Waals surface area contributed by atoms with Gasteiger partial charge in [0.25, 0.3) is 0 Å². The molecule has 0 fully saturated rings. The van der Waals surface area contributed by atoms with Crippen LogP contribution in [0, 0.1) is 6.92 Å². The van der Waals surface area contributed by atoms with Crippen LogP contribution in [0.1, 0.15) is 22.8 Å². The first-order valence-corrected chi connectivity index (χ1v) is 8.67. The Hall–Kier alpha value is -3.27. The van der Waals surface area contributed by atoms with Crippen molar-refractivity contribution in [1.29, 1.82) is 0 Å². The van der Waals surface area contributed by atoms with Gasteiger partial charge >= 0.3 is 5.97 Å². The summed E-state index contributed by atoms with van der Waals surface area (Å²) in [7, 11) is 0. The average molecular weight is 344 g/mol. The number of aromatic nitrogens is 1. The third-order valence-corrected chi connectivity index (χ3v) is 4.78. The molecule has 0 saturated carbocycles. The lowest BCUT2D eigenvalue weighted by Gasteiger charge is -2.14. The van der Waals surface area contributed by atoms with Crippen molar-refractivity contribution in [3.8, 4) is 11.1 Å². The van der Waals surface area contributed by atoms with Gasteiger partial charge in [-0.3, -0.25) is 0 Å². The summed E-state index contributed by atoms with van der Waals surface area (Å²) < 4.78 is 5.37. The van der Waals surface area contributed by atoms with Crippen molar-refractivity contribution < 1.29 is 9.53 Å². The van der Waals surface area contributed by atoms with Crippen LogP contribution in [0.3, 0.4) is 0 Å². The van der Waals surface area contributed by atoms with Crippen molar-refractivity contribution in [3.63, 3.8) is 0 Å². The van der Waals surface area contributed by atoms with Crippen LogP contribution in [0.4, 0.5) is 5.69 Å². The van der Waals surface area contributed by atoms with Crippen LogP contribution in [0.15, 0.2) is 54.6 Å². The van der Waals surface area contributed by atoms with Crippen molar-refractivity contribution in [1.82, 2.24) is 4.98 Å². The van der Waals surface area contributed by atoms with Gasteiger partial charge in [-0.25, -0.2) is 4.79 Å². The van der Waals surface area contributed by atoms with Crippen LogP contribution in [0.2, 0.25) is 0 Å². The zero-order valence-electron chi connectivity index (χ0n) is 14.8. The number of anilines is 1. The summed E-state index contributed by atoms with van der Waals surface area (Å²) in [4.78, 5) is 16.2. The number of benzene rings is 3. The normalized spacial score (nSPS) is 11.2. The Kier molecular flexibility index (Phi) is 3.88. The Balaban J connectivity index is 2.13. The minimum absolute atomic E-state index is 0.309. The first-order chi connectivity index (χ1) is 12.6. The van der Waals surface area contributed by atoms with Gasteiger partial charge in [0.15, 0.2) is 0 Å². The third kappa shape index (κ3) is 2.42. The van der Waals surface area contributed by atoms with E-state index in [2.05, 4.69) is 11.1 Å². The second-order valence-corrected chi connectivity index (χ2v) is 6.32. The van der Waals surface area contributed by atoms with Gasteiger partial charge in [0.2, 0.25) is 0 Å². The molecule has 0 aliphatic rings. The molecule has 0 spiro atoms. The molecule has 0 radical (unpaired) electrons. The highest BCUT2D eigenvalue weighted by atomic mass is 16.5. The number of para-hydroxylation sites is 2. The van der Waals surface area contributed by atoms with E-state index < -0.39 is 0 Å². The third-order valence-electron chi connectivity index (χ3n) is 4.78. The number of hydrogen-bond acceptors (Lipinski definition) is 3. The molecule has 0 bridgehead atoms. The molecule has 0 aliphatic heterocycles. The molecule has 1 heterocycles. The standard InChI is InChI=1S/C22H20N2O2/c1-3-26-22(25)20-13(2)16(14-8-4-6-10-17(14)23)12-19-21(20)15-9-5-7-11-18(15)24-19/h4-12,24H,3,23H2,1-2H3. The predicted octanol–water partition coefficient (Wildman–Crippen LogP) is 5.06. The van der Waals surface area contributed by atoms with Crippen LogP contribution >= 0.6 is 0 Å². The van der Waals surface area contributed by atoms with Crippen molar-refractivity contribution in [2.24, 2.45) is 0 Å². The molecule has 3 N–H and O–H groups in total. The quantitative estimate of drug-likeness (QED) is 0.403. The van der Waals surface area contributed by atoms with Crippen LogP contribution in [-0.4, -0.2) is 17.6 Å². The van der Waals surface area contributed by atoms with Crippen LogP contribution in [0.25, 0.3) is 32.9 Å². The molecule has 0 unspecified atom stereocenters. The Labute approximate surface area is 151 Å². The molecule has 0 amide bonds. The number of nitrogen functional groups attached to an aromatic ring is 1. The van der Waals surface area contributed by atoms with Gasteiger partial charge in [-0.1, -0.05) is 36.4 Å². The van der Waals surface area contributed by atoms with Crippen LogP contribution in [0.5, 0.6) is 0 Å². The molecule has 3 aromatic carbocycles. The molecule has 0 aliphatic carbocycles. The maximum absolute atomic E-state index is 12.8. The summed E-state index contributed by atoms with van der Waals surface area (Å²) >= 11 is 0. The van der Waals surface area contributed by atoms with Crippen LogP contribution in [-0.2, 0) is 4.74 Å². The number of rotatable bonds is 3. The van der Waals surface area contributed by atoms with Crippen molar-refractivity contribution in [3.05, 3.63) is 65.7 Å². The molecule has 0 saturated heterocycles. The molecule has 1 aromatic heterocycles. The monoisotopic (exact) mass is 344 g/mol. The van der Waals surface area contributed by atoms with Gasteiger partial charge in [-0.15, -0.1) is 0 Å². The lowest BCUT2D eigenvalue weighted by atomic mass is 9.92. The smallest absolute Gasteiger partial charge is 0.339 e. The van der Waals surface area contributed by atoms with Crippen molar-refractivity contribution in [2.75, 3.05) is 12.3 Å². The van der Waals surface area contributed by atoms with Gasteiger partial charge in [-0.05, 0) is 43.2 Å². The summed E-state index contributed by atoms with van der Waals surface area (Å²) in [5, 5.41) is 1.91. The molecular weight excluding hydrogens is 324 g/mol. The summed E-state index contributed by atoms with van der Waals surface area (Å²) in [5.74, 6) is -0.309. The topological polar surface area (TPSA) is 68.1 Å². The van der Waals surface area contributed by atoms with E-state index in [0.29, 0.717) is 17.9 Å². The minimum atomic E-state index is -0.309. The lowest BCUT2D eigenvalue weighted by Crippen LogP contribution is -2.08. The highest BCUT2D eigenvalue weighted by Gasteiger charge is 2.22. The molecule has 4 aromatic rings. The van der Waals surface area contributed by atoms with E-state index in [4.69, 9.17) is 10.5 Å². The summed E-state index contributed by atoms with van der Waals surface area (Å²) in [6, 6.07) is 17.7. The molecule has 26 heavy (non-hydrogen) atoms. The Morgan fingerprint density at radius 2 is 1.77 bits per heavy atom. The molecule has 4 rings (SSSR count). The highest BCUT2D eigenvalue weighted by Crippen LogP contribution is 2.38. The maximum atomic E-state index is 12.8. The predicted molar refractivity (Wildman–Crippen MR) is 106 cm³/mol. The zero-order chi connectivity index (χ0) is 18.3. The summed E-state index contributed by atoms with van der Waals surface area (Å²) in [6.07, 6.45) is 0. The first-order valence-electron chi connectivity index (χ1n) is 8.67. The highest BCUT2D eigenvalue weighted by molar-refractivity contribution is 6.18. The molecular formula is C22H20N2O2. The molecule has 4 nitrogen and oxygen atoms in total. The number of carbonyl (C=O) groups excluding carboxylic acids is 1. The largest absolute Gasteiger partial charge is 0.462 e. The minimum Gasteiger partial charge on any atom is -0.462 e. The second-order valence-electron chi connectivity index (χ2n) is 6.32. The Morgan fingerprint density at radius 3 is 2.54 bits per heavy atom. The number of hydrogen-bond donors (Lipinski definition) is 2. The van der Waals surface area contributed by atoms with E-state index in [1.54, 1.807) is 0 Å². The fraction of sp³-hybridized carbons (Fsp3) is 0.136. The van der Waals surface area contributed by atoms with Gasteiger partial charge in [0, 0.05) is 33.1 Å². The van der Waals surface area contributed by atoms with E-state index in [1.165, 1.54) is 0 Å². The van der Waals surface area contributed by atoms with Gasteiger partial charge < -0.3 is 15.5 Å². The number of carbonyl (C=O) groups is 1. The fourth-order valence-electron chi connectivity index (χ4n) is 3.60. The number of aromatic amines is 1. The molecule has 4 heteroatoms. The van der Waals surface area contributed by atoms with Crippen molar-refractivity contribution in [2.45, 2.75) is 13.8 Å². The van der Waals surface area contributed by atoms with E-state index >= 15 is 0 Å². The number of fused-ring (bicyclic) bond motifs is 3. The molecule has 130 valence electrons. The number of H-pyrrole nitrogens is 1. The van der Waals surface area contributed by atoms with Crippen molar-refractivity contribution >= 4 is 33.5 Å². The second kappa shape index (κ2) is 6.23. The number of nitrogens with one attached hydrogen (secondary N) is 1. The number of nitrogens with two attached hydrogens (primary N) is 1. The van der Waals surface area contributed by atoms with Gasteiger partial charge in [0.05, 0.1) is 12.2 Å². The average Bonchev–Trinajstić information content (AvgIpc) is 3.00. The van der Waals surface area contributed by atoms with E-state index in [-0.39, 0.29) is 5.97 Å². The van der Waals surface area contributed by atoms with E-state index in [1.807, 2.05) is 62.4 Å². The lowest BCUT2D eigenvalue weighted by molar-refractivity contribution is 0.0528. The van der Waals surface area contributed by atoms with Crippen LogP contribution < -0.4 is 5.73 Å². The summed E-state index contributed by atoms with van der Waals surface area (Å²) in [5.41, 5.74) is 12.1. The maximum Gasteiger partial charge on any atom is 0.339 e. The zero-order valence-corrected chi connectivity index (χ0v) is 14.8. The Morgan fingerprint density at radius 1 is 1.04 bits per heavy atom. The SMILES string of the molecule is CCOC(=O)c1c(C)c(-c2ccccc2N)cc2[nH]c3ccccc3c12. The summed E-state index contributed by atoms with van der Waals surface area (Å²) in [6.45, 7) is 4.10. The fourth-order valence-corrected chi connectivity index (χ4v) is 3.60.